The largest absolute Gasteiger partial charge is 0.339 e. The molecule has 14 heavy (non-hydrogen) atoms. The Balaban J connectivity index is 3.63. The van der Waals surface area contributed by atoms with Crippen molar-refractivity contribution < 1.29 is 4.79 Å². The summed E-state index contributed by atoms with van der Waals surface area (Å²) in [4.78, 5) is 13.5. The summed E-state index contributed by atoms with van der Waals surface area (Å²) in [6.45, 7) is 9.31. The maximum Gasteiger partial charge on any atom is 0.222 e. The summed E-state index contributed by atoms with van der Waals surface area (Å²) in [5.74, 6) is 0.267. The Morgan fingerprint density at radius 1 is 1.29 bits per heavy atom. The van der Waals surface area contributed by atoms with Gasteiger partial charge in [0.1, 0.15) is 0 Å². The fourth-order valence-electron chi connectivity index (χ4n) is 1.42. The Labute approximate surface area is 88.0 Å². The zero-order valence-corrected chi connectivity index (χ0v) is 9.59. The SMILES string of the molecule is C=CCN(CC)C(=O)CCCCCC. The lowest BCUT2D eigenvalue weighted by molar-refractivity contribution is -0.130. The van der Waals surface area contributed by atoms with E-state index in [1.54, 1.807) is 6.08 Å². The van der Waals surface area contributed by atoms with Crippen molar-refractivity contribution in [2.45, 2.75) is 46.0 Å². The van der Waals surface area contributed by atoms with E-state index < -0.39 is 0 Å². The fraction of sp³-hybridized carbons (Fsp3) is 0.750. The highest BCUT2D eigenvalue weighted by molar-refractivity contribution is 5.76. The monoisotopic (exact) mass is 197 g/mol. The number of unbranched alkanes of at least 4 members (excludes halogenated alkanes) is 3. The summed E-state index contributed by atoms with van der Waals surface area (Å²) >= 11 is 0. The first-order chi connectivity index (χ1) is 6.76. The molecule has 0 rings (SSSR count). The van der Waals surface area contributed by atoms with Gasteiger partial charge in [0.05, 0.1) is 0 Å². The molecule has 0 heterocycles. The normalized spacial score (nSPS) is 9.86. The van der Waals surface area contributed by atoms with Gasteiger partial charge in [0.2, 0.25) is 5.91 Å². The first-order valence-corrected chi connectivity index (χ1v) is 5.64. The topological polar surface area (TPSA) is 20.3 Å². The van der Waals surface area contributed by atoms with Gasteiger partial charge in [-0.1, -0.05) is 32.3 Å². The van der Waals surface area contributed by atoms with Crippen LogP contribution < -0.4 is 0 Å². The van der Waals surface area contributed by atoms with Crippen molar-refractivity contribution in [3.8, 4) is 0 Å². The van der Waals surface area contributed by atoms with Crippen LogP contribution in [0.25, 0.3) is 0 Å². The Hall–Kier alpha value is -0.790. The molecule has 0 unspecified atom stereocenters. The van der Waals surface area contributed by atoms with Crippen molar-refractivity contribution >= 4 is 5.91 Å². The third-order valence-corrected chi connectivity index (χ3v) is 2.33. The standard InChI is InChI=1S/C12H23NO/c1-4-7-8-9-10-12(14)13(6-3)11-5-2/h5H,2,4,6-11H2,1,3H3. The fourth-order valence-corrected chi connectivity index (χ4v) is 1.42. The van der Waals surface area contributed by atoms with Gasteiger partial charge in [0.25, 0.3) is 0 Å². The smallest absolute Gasteiger partial charge is 0.222 e. The lowest BCUT2D eigenvalue weighted by atomic mass is 10.1. The molecule has 0 aliphatic carbocycles. The molecule has 0 saturated carbocycles. The average Bonchev–Trinajstić information content (AvgIpc) is 2.20. The minimum absolute atomic E-state index is 0.267. The summed E-state index contributed by atoms with van der Waals surface area (Å²) in [5.41, 5.74) is 0. The molecule has 0 fully saturated rings. The van der Waals surface area contributed by atoms with E-state index >= 15 is 0 Å². The van der Waals surface area contributed by atoms with Gasteiger partial charge >= 0.3 is 0 Å². The molecule has 0 aliphatic heterocycles. The number of amides is 1. The van der Waals surface area contributed by atoms with E-state index in [0.717, 1.165) is 13.0 Å². The number of likely N-dealkylation sites (N-methyl/N-ethyl adjacent to an activating group) is 1. The first kappa shape index (κ1) is 13.2. The van der Waals surface area contributed by atoms with Crippen LogP contribution in [0.4, 0.5) is 0 Å². The van der Waals surface area contributed by atoms with Gasteiger partial charge in [-0.3, -0.25) is 4.79 Å². The van der Waals surface area contributed by atoms with Crippen LogP contribution in [-0.2, 0) is 4.79 Å². The van der Waals surface area contributed by atoms with Gasteiger partial charge in [-0.2, -0.15) is 0 Å². The van der Waals surface area contributed by atoms with Crippen LogP contribution in [-0.4, -0.2) is 23.9 Å². The van der Waals surface area contributed by atoms with Gasteiger partial charge in [0, 0.05) is 19.5 Å². The summed E-state index contributed by atoms with van der Waals surface area (Å²) in [5, 5.41) is 0. The predicted octanol–water partition coefficient (Wildman–Crippen LogP) is 2.99. The molecule has 0 atom stereocenters. The molecule has 0 bridgehead atoms. The molecular weight excluding hydrogens is 174 g/mol. The average molecular weight is 197 g/mol. The number of hydrogen-bond acceptors (Lipinski definition) is 1. The molecule has 0 aromatic heterocycles. The molecule has 0 aromatic carbocycles. The van der Waals surface area contributed by atoms with E-state index in [4.69, 9.17) is 0 Å². The first-order valence-electron chi connectivity index (χ1n) is 5.64. The summed E-state index contributed by atoms with van der Waals surface area (Å²) < 4.78 is 0. The number of hydrogen-bond donors (Lipinski definition) is 0. The minimum Gasteiger partial charge on any atom is -0.339 e. The molecule has 0 N–H and O–H groups in total. The molecule has 0 spiro atoms. The Morgan fingerprint density at radius 3 is 2.50 bits per heavy atom. The van der Waals surface area contributed by atoms with Crippen LogP contribution in [0.5, 0.6) is 0 Å². The van der Waals surface area contributed by atoms with Crippen molar-refractivity contribution in [1.82, 2.24) is 4.90 Å². The molecule has 0 aliphatic rings. The van der Waals surface area contributed by atoms with Crippen molar-refractivity contribution in [1.29, 1.82) is 0 Å². The van der Waals surface area contributed by atoms with E-state index in [1.807, 2.05) is 11.8 Å². The highest BCUT2D eigenvalue weighted by Crippen LogP contribution is 2.05. The summed E-state index contributed by atoms with van der Waals surface area (Å²) in [6.07, 6.45) is 7.14. The zero-order chi connectivity index (χ0) is 10.8. The van der Waals surface area contributed by atoms with Crippen LogP contribution in [0.15, 0.2) is 12.7 Å². The quantitative estimate of drug-likeness (QED) is 0.433. The van der Waals surface area contributed by atoms with Crippen molar-refractivity contribution in [2.24, 2.45) is 0 Å². The Bertz CT molecular complexity index is 166. The van der Waals surface area contributed by atoms with Crippen LogP contribution in [0.1, 0.15) is 46.0 Å². The molecule has 0 radical (unpaired) electrons. The molecule has 2 heteroatoms. The van der Waals surface area contributed by atoms with Gasteiger partial charge in [-0.15, -0.1) is 6.58 Å². The maximum atomic E-state index is 11.6. The molecular formula is C12H23NO. The third kappa shape index (κ3) is 5.79. The zero-order valence-electron chi connectivity index (χ0n) is 9.59. The van der Waals surface area contributed by atoms with Crippen LogP contribution in [0, 0.1) is 0 Å². The second kappa shape index (κ2) is 8.79. The minimum atomic E-state index is 0.267. The number of rotatable bonds is 8. The van der Waals surface area contributed by atoms with Gasteiger partial charge in [-0.25, -0.2) is 0 Å². The van der Waals surface area contributed by atoms with E-state index in [0.29, 0.717) is 13.0 Å². The van der Waals surface area contributed by atoms with Crippen LogP contribution in [0.2, 0.25) is 0 Å². The van der Waals surface area contributed by atoms with Crippen LogP contribution in [0.3, 0.4) is 0 Å². The highest BCUT2D eigenvalue weighted by atomic mass is 16.2. The second-order valence-electron chi connectivity index (χ2n) is 3.53. The van der Waals surface area contributed by atoms with E-state index in [2.05, 4.69) is 13.5 Å². The number of carbonyl (C=O) groups excluding carboxylic acids is 1. The van der Waals surface area contributed by atoms with E-state index in [9.17, 15) is 4.79 Å². The highest BCUT2D eigenvalue weighted by Gasteiger charge is 2.08. The van der Waals surface area contributed by atoms with Crippen molar-refractivity contribution in [2.75, 3.05) is 13.1 Å². The second-order valence-corrected chi connectivity index (χ2v) is 3.53. The number of nitrogens with zero attached hydrogens (tertiary/aromatic N) is 1. The lowest BCUT2D eigenvalue weighted by Gasteiger charge is -2.18. The number of carbonyl (C=O) groups is 1. The van der Waals surface area contributed by atoms with Crippen molar-refractivity contribution in [3.05, 3.63) is 12.7 Å². The molecule has 1 amide bonds. The Kier molecular flexibility index (Phi) is 8.30. The lowest BCUT2D eigenvalue weighted by Crippen LogP contribution is -2.30. The van der Waals surface area contributed by atoms with Gasteiger partial charge in [0.15, 0.2) is 0 Å². The predicted molar refractivity (Wildman–Crippen MR) is 61.2 cm³/mol. The van der Waals surface area contributed by atoms with E-state index in [-0.39, 0.29) is 5.91 Å². The summed E-state index contributed by atoms with van der Waals surface area (Å²) in [6, 6.07) is 0. The molecule has 0 aromatic rings. The van der Waals surface area contributed by atoms with E-state index in [1.165, 1.54) is 19.3 Å². The molecule has 2 nitrogen and oxygen atoms in total. The maximum absolute atomic E-state index is 11.6. The third-order valence-electron chi connectivity index (χ3n) is 2.33. The summed E-state index contributed by atoms with van der Waals surface area (Å²) in [7, 11) is 0. The van der Waals surface area contributed by atoms with Crippen LogP contribution >= 0.6 is 0 Å². The van der Waals surface area contributed by atoms with Crippen molar-refractivity contribution in [3.63, 3.8) is 0 Å². The van der Waals surface area contributed by atoms with Gasteiger partial charge in [-0.05, 0) is 13.3 Å². The van der Waals surface area contributed by atoms with Gasteiger partial charge < -0.3 is 4.90 Å². The Morgan fingerprint density at radius 2 is 2.00 bits per heavy atom. The molecule has 0 saturated heterocycles. The molecule has 82 valence electrons.